The average molecular weight is 198 g/mol. The zero-order valence-corrected chi connectivity index (χ0v) is 9.38. The maximum atomic E-state index is 5.40. The molecular formula is C11H22N2O. The van der Waals surface area contributed by atoms with Gasteiger partial charge in [0, 0.05) is 25.7 Å². The maximum absolute atomic E-state index is 5.40. The van der Waals surface area contributed by atoms with E-state index in [1.165, 1.54) is 13.0 Å². The highest BCUT2D eigenvalue weighted by Gasteiger charge is 2.36. The van der Waals surface area contributed by atoms with Crippen molar-refractivity contribution >= 4 is 0 Å². The molecule has 1 unspecified atom stereocenters. The third-order valence-corrected chi connectivity index (χ3v) is 3.56. The Hall–Kier alpha value is -0.120. The molecule has 2 fully saturated rings. The molecule has 0 radical (unpaired) electrons. The van der Waals surface area contributed by atoms with E-state index in [1.54, 1.807) is 0 Å². The molecule has 0 spiro atoms. The Kier molecular flexibility index (Phi) is 3.10. The van der Waals surface area contributed by atoms with Crippen molar-refractivity contribution in [2.75, 3.05) is 39.4 Å². The SMILES string of the molecule is CC1(C)CNCCC1N1CCOCC1. The first-order valence-corrected chi connectivity index (χ1v) is 5.73. The van der Waals surface area contributed by atoms with E-state index in [1.807, 2.05) is 0 Å². The van der Waals surface area contributed by atoms with Crippen LogP contribution in [0.4, 0.5) is 0 Å². The van der Waals surface area contributed by atoms with Gasteiger partial charge in [0.05, 0.1) is 13.2 Å². The number of nitrogens with zero attached hydrogens (tertiary/aromatic N) is 1. The molecule has 3 nitrogen and oxygen atoms in total. The molecule has 0 aromatic rings. The Balaban J connectivity index is 1.99. The molecule has 0 bridgehead atoms. The summed E-state index contributed by atoms with van der Waals surface area (Å²) in [5.41, 5.74) is 0.412. The van der Waals surface area contributed by atoms with E-state index in [0.717, 1.165) is 38.9 Å². The Morgan fingerprint density at radius 1 is 1.29 bits per heavy atom. The highest BCUT2D eigenvalue weighted by molar-refractivity contribution is 4.92. The number of hydrogen-bond acceptors (Lipinski definition) is 3. The molecule has 3 heteroatoms. The van der Waals surface area contributed by atoms with Crippen molar-refractivity contribution in [2.24, 2.45) is 5.41 Å². The minimum Gasteiger partial charge on any atom is -0.379 e. The highest BCUT2D eigenvalue weighted by atomic mass is 16.5. The van der Waals surface area contributed by atoms with Crippen LogP contribution in [-0.2, 0) is 4.74 Å². The third kappa shape index (κ3) is 2.10. The molecule has 82 valence electrons. The molecule has 0 amide bonds. The van der Waals surface area contributed by atoms with Crippen LogP contribution >= 0.6 is 0 Å². The monoisotopic (exact) mass is 198 g/mol. The minimum atomic E-state index is 0.412. The number of ether oxygens (including phenoxy) is 1. The standard InChI is InChI=1S/C11H22N2O/c1-11(2)9-12-4-3-10(11)13-5-7-14-8-6-13/h10,12H,3-9H2,1-2H3. The summed E-state index contributed by atoms with van der Waals surface area (Å²) in [6.07, 6.45) is 1.28. The first-order chi connectivity index (χ1) is 6.70. The van der Waals surface area contributed by atoms with E-state index >= 15 is 0 Å². The van der Waals surface area contributed by atoms with Gasteiger partial charge >= 0.3 is 0 Å². The molecule has 14 heavy (non-hydrogen) atoms. The van der Waals surface area contributed by atoms with Crippen LogP contribution in [-0.4, -0.2) is 50.3 Å². The number of hydrogen-bond donors (Lipinski definition) is 1. The summed E-state index contributed by atoms with van der Waals surface area (Å²) < 4.78 is 5.40. The van der Waals surface area contributed by atoms with Crippen LogP contribution in [0.5, 0.6) is 0 Å². The summed E-state index contributed by atoms with van der Waals surface area (Å²) in [5, 5.41) is 3.49. The van der Waals surface area contributed by atoms with E-state index in [4.69, 9.17) is 4.74 Å². The predicted octanol–water partition coefficient (Wildman–Crippen LogP) is 0.707. The van der Waals surface area contributed by atoms with Gasteiger partial charge < -0.3 is 10.1 Å². The number of nitrogens with one attached hydrogen (secondary N) is 1. The van der Waals surface area contributed by atoms with Gasteiger partial charge in [-0.15, -0.1) is 0 Å². The summed E-state index contributed by atoms with van der Waals surface area (Å²) in [4.78, 5) is 2.62. The van der Waals surface area contributed by atoms with Crippen LogP contribution in [0.15, 0.2) is 0 Å². The van der Waals surface area contributed by atoms with Gasteiger partial charge in [-0.3, -0.25) is 4.90 Å². The molecular weight excluding hydrogens is 176 g/mol. The summed E-state index contributed by atoms with van der Waals surface area (Å²) in [5.74, 6) is 0. The minimum absolute atomic E-state index is 0.412. The van der Waals surface area contributed by atoms with E-state index in [0.29, 0.717) is 5.41 Å². The molecule has 0 aliphatic carbocycles. The number of rotatable bonds is 1. The lowest BCUT2D eigenvalue weighted by atomic mass is 9.79. The lowest BCUT2D eigenvalue weighted by Crippen LogP contribution is -2.57. The van der Waals surface area contributed by atoms with Crippen LogP contribution in [0.2, 0.25) is 0 Å². The van der Waals surface area contributed by atoms with Gasteiger partial charge in [0.25, 0.3) is 0 Å². The van der Waals surface area contributed by atoms with Gasteiger partial charge in [-0.1, -0.05) is 13.8 Å². The van der Waals surface area contributed by atoms with Crippen LogP contribution in [0.25, 0.3) is 0 Å². The fourth-order valence-electron chi connectivity index (χ4n) is 2.72. The second kappa shape index (κ2) is 4.17. The van der Waals surface area contributed by atoms with Crippen LogP contribution in [0, 0.1) is 5.41 Å². The molecule has 1 atom stereocenters. The maximum Gasteiger partial charge on any atom is 0.0594 e. The van der Waals surface area contributed by atoms with Gasteiger partial charge in [0.1, 0.15) is 0 Å². The molecule has 2 aliphatic heterocycles. The average Bonchev–Trinajstić information content (AvgIpc) is 2.18. The summed E-state index contributed by atoms with van der Waals surface area (Å²) >= 11 is 0. The number of morpholine rings is 1. The lowest BCUT2D eigenvalue weighted by molar-refractivity contribution is -0.0238. The second-order valence-corrected chi connectivity index (χ2v) is 5.12. The Labute approximate surface area is 86.8 Å². The summed E-state index contributed by atoms with van der Waals surface area (Å²) in [6.45, 7) is 11.1. The Bertz CT molecular complexity index is 188. The van der Waals surface area contributed by atoms with Crippen molar-refractivity contribution in [1.29, 1.82) is 0 Å². The van der Waals surface area contributed by atoms with E-state index in [2.05, 4.69) is 24.1 Å². The van der Waals surface area contributed by atoms with Crippen molar-refractivity contribution in [1.82, 2.24) is 10.2 Å². The fourth-order valence-corrected chi connectivity index (χ4v) is 2.72. The van der Waals surface area contributed by atoms with Gasteiger partial charge in [-0.25, -0.2) is 0 Å². The van der Waals surface area contributed by atoms with Gasteiger partial charge in [-0.05, 0) is 18.4 Å². The van der Waals surface area contributed by atoms with Crippen molar-refractivity contribution in [3.8, 4) is 0 Å². The lowest BCUT2D eigenvalue weighted by Gasteiger charge is -2.46. The zero-order chi connectivity index (χ0) is 10.0. The first kappa shape index (κ1) is 10.4. The van der Waals surface area contributed by atoms with Gasteiger partial charge in [0.15, 0.2) is 0 Å². The molecule has 1 N–H and O–H groups in total. The van der Waals surface area contributed by atoms with Crippen LogP contribution in [0.3, 0.4) is 0 Å². The zero-order valence-electron chi connectivity index (χ0n) is 9.38. The smallest absolute Gasteiger partial charge is 0.0594 e. The van der Waals surface area contributed by atoms with Crippen molar-refractivity contribution in [2.45, 2.75) is 26.3 Å². The van der Waals surface area contributed by atoms with E-state index in [9.17, 15) is 0 Å². The highest BCUT2D eigenvalue weighted by Crippen LogP contribution is 2.29. The molecule has 0 aromatic heterocycles. The Morgan fingerprint density at radius 2 is 2.00 bits per heavy atom. The summed E-state index contributed by atoms with van der Waals surface area (Å²) in [6, 6.07) is 0.743. The van der Waals surface area contributed by atoms with Crippen molar-refractivity contribution in [3.05, 3.63) is 0 Å². The predicted molar refractivity (Wildman–Crippen MR) is 57.4 cm³/mol. The first-order valence-electron chi connectivity index (χ1n) is 5.73. The molecule has 0 aromatic carbocycles. The summed E-state index contributed by atoms with van der Waals surface area (Å²) in [7, 11) is 0. The number of piperidine rings is 1. The van der Waals surface area contributed by atoms with Gasteiger partial charge in [-0.2, -0.15) is 0 Å². The molecule has 2 heterocycles. The molecule has 0 saturated carbocycles. The molecule has 2 saturated heterocycles. The van der Waals surface area contributed by atoms with Crippen molar-refractivity contribution < 1.29 is 4.74 Å². The largest absolute Gasteiger partial charge is 0.379 e. The quantitative estimate of drug-likeness (QED) is 0.671. The van der Waals surface area contributed by atoms with E-state index < -0.39 is 0 Å². The third-order valence-electron chi connectivity index (χ3n) is 3.56. The van der Waals surface area contributed by atoms with E-state index in [-0.39, 0.29) is 0 Å². The van der Waals surface area contributed by atoms with Gasteiger partial charge in [0.2, 0.25) is 0 Å². The molecule has 2 rings (SSSR count). The Morgan fingerprint density at radius 3 is 2.64 bits per heavy atom. The molecule has 2 aliphatic rings. The fraction of sp³-hybridized carbons (Fsp3) is 1.00. The van der Waals surface area contributed by atoms with Crippen molar-refractivity contribution in [3.63, 3.8) is 0 Å². The second-order valence-electron chi connectivity index (χ2n) is 5.12. The van der Waals surface area contributed by atoms with Crippen LogP contribution < -0.4 is 5.32 Å². The topological polar surface area (TPSA) is 24.5 Å². The normalized spacial score (nSPS) is 34.3. The van der Waals surface area contributed by atoms with Crippen LogP contribution in [0.1, 0.15) is 20.3 Å².